The number of phenols is 1. The summed E-state index contributed by atoms with van der Waals surface area (Å²) in [6, 6.07) is 3.73. The lowest BCUT2D eigenvalue weighted by Crippen LogP contribution is -2.21. The first kappa shape index (κ1) is 16.0. The highest BCUT2D eigenvalue weighted by molar-refractivity contribution is 7.92. The maximum absolute atomic E-state index is 11.6. The second-order valence-electron chi connectivity index (χ2n) is 4.21. The van der Waals surface area contributed by atoms with E-state index in [0.29, 0.717) is 0 Å². The van der Waals surface area contributed by atoms with Crippen molar-refractivity contribution < 1.29 is 27.9 Å². The number of Topliss-reactive ketones (excluding diaryl/α,β-unsaturated/α-hetero) is 1. The first-order valence-corrected chi connectivity index (χ1v) is 7.44. The van der Waals surface area contributed by atoms with E-state index in [2.05, 4.69) is 9.46 Å². The van der Waals surface area contributed by atoms with E-state index in [4.69, 9.17) is 0 Å². The molecule has 0 aliphatic rings. The van der Waals surface area contributed by atoms with Gasteiger partial charge >= 0.3 is 5.97 Å². The van der Waals surface area contributed by atoms with Gasteiger partial charge in [0.25, 0.3) is 0 Å². The summed E-state index contributed by atoms with van der Waals surface area (Å²) >= 11 is 0. The molecule has 0 aliphatic carbocycles. The molecule has 0 spiro atoms. The fourth-order valence-corrected chi connectivity index (χ4v) is 2.25. The van der Waals surface area contributed by atoms with Gasteiger partial charge in [0.1, 0.15) is 17.5 Å². The molecule has 0 radical (unpaired) electrons. The number of sulfonamides is 1. The minimum atomic E-state index is -3.51. The number of hydrogen-bond donors (Lipinski definition) is 2. The number of phenolic OH excluding ortho intramolecular Hbond substituents is 1. The smallest absolute Gasteiger partial charge is 0.320 e. The Morgan fingerprint density at radius 2 is 1.95 bits per heavy atom. The Balaban J connectivity index is 3.31. The molecule has 0 fully saturated rings. The molecule has 1 aromatic carbocycles. The van der Waals surface area contributed by atoms with E-state index in [9.17, 15) is 23.1 Å². The van der Waals surface area contributed by atoms with Crippen molar-refractivity contribution in [2.24, 2.45) is 0 Å². The van der Waals surface area contributed by atoms with Crippen molar-refractivity contribution in [1.82, 2.24) is 0 Å². The van der Waals surface area contributed by atoms with Crippen molar-refractivity contribution in [3.63, 3.8) is 0 Å². The van der Waals surface area contributed by atoms with Crippen LogP contribution in [0.15, 0.2) is 18.2 Å². The number of nitrogens with one attached hydrogen (secondary N) is 1. The van der Waals surface area contributed by atoms with Gasteiger partial charge in [-0.3, -0.25) is 14.3 Å². The zero-order chi connectivity index (χ0) is 15.5. The van der Waals surface area contributed by atoms with E-state index in [0.717, 1.165) is 13.4 Å². The summed E-state index contributed by atoms with van der Waals surface area (Å²) in [6.07, 6.45) is 0.961. The van der Waals surface area contributed by atoms with Gasteiger partial charge in [-0.15, -0.1) is 0 Å². The van der Waals surface area contributed by atoms with E-state index in [1.807, 2.05) is 0 Å². The number of aromatic hydroxyl groups is 1. The van der Waals surface area contributed by atoms with Gasteiger partial charge in [0.2, 0.25) is 10.0 Å². The van der Waals surface area contributed by atoms with Gasteiger partial charge in [0, 0.05) is 11.3 Å². The summed E-state index contributed by atoms with van der Waals surface area (Å²) in [5.74, 6) is -2.95. The summed E-state index contributed by atoms with van der Waals surface area (Å²) in [7, 11) is -2.39. The van der Waals surface area contributed by atoms with Crippen molar-refractivity contribution in [2.75, 3.05) is 18.1 Å². The quantitative estimate of drug-likeness (QED) is 0.468. The molecule has 0 aliphatic heterocycles. The molecule has 20 heavy (non-hydrogen) atoms. The number of rotatable bonds is 5. The van der Waals surface area contributed by atoms with E-state index in [-0.39, 0.29) is 17.0 Å². The molecule has 0 bridgehead atoms. The molecule has 1 unspecified atom stereocenters. The van der Waals surface area contributed by atoms with Gasteiger partial charge in [-0.25, -0.2) is 8.42 Å². The average Bonchev–Trinajstić information content (AvgIpc) is 2.30. The van der Waals surface area contributed by atoms with Crippen LogP contribution >= 0.6 is 0 Å². The minimum absolute atomic E-state index is 0.0157. The third-order valence-electron chi connectivity index (χ3n) is 2.49. The minimum Gasteiger partial charge on any atom is -0.508 e. The fraction of sp³-hybridized carbons (Fsp3) is 0.333. The van der Waals surface area contributed by atoms with Gasteiger partial charge in [-0.2, -0.15) is 0 Å². The number of methoxy groups -OCH3 is 1. The normalized spacial score (nSPS) is 12.6. The monoisotopic (exact) mass is 301 g/mol. The highest BCUT2D eigenvalue weighted by Gasteiger charge is 2.29. The number of ketones is 1. The Kier molecular flexibility index (Phi) is 4.72. The second kappa shape index (κ2) is 5.91. The molecule has 7 nitrogen and oxygen atoms in total. The van der Waals surface area contributed by atoms with Crippen LogP contribution in [0.1, 0.15) is 18.4 Å². The molecule has 1 atom stereocenters. The van der Waals surface area contributed by atoms with E-state index < -0.39 is 27.7 Å². The zero-order valence-electron chi connectivity index (χ0n) is 11.2. The lowest BCUT2D eigenvalue weighted by Gasteiger charge is -2.15. The number of anilines is 1. The van der Waals surface area contributed by atoms with Crippen LogP contribution in [0, 0.1) is 0 Å². The number of ether oxygens (including phenoxy) is 1. The lowest BCUT2D eigenvalue weighted by atomic mass is 9.94. The molecule has 8 heteroatoms. The van der Waals surface area contributed by atoms with Crippen molar-refractivity contribution in [3.8, 4) is 5.75 Å². The van der Waals surface area contributed by atoms with Crippen LogP contribution < -0.4 is 4.72 Å². The van der Waals surface area contributed by atoms with Crippen molar-refractivity contribution in [2.45, 2.75) is 12.8 Å². The van der Waals surface area contributed by atoms with Gasteiger partial charge < -0.3 is 9.84 Å². The van der Waals surface area contributed by atoms with Crippen LogP contribution in [0.3, 0.4) is 0 Å². The van der Waals surface area contributed by atoms with Crippen molar-refractivity contribution >= 4 is 27.5 Å². The first-order chi connectivity index (χ1) is 9.15. The lowest BCUT2D eigenvalue weighted by molar-refractivity contribution is -0.145. The Bertz CT molecular complexity index is 637. The third-order valence-corrected chi connectivity index (χ3v) is 3.09. The number of benzene rings is 1. The van der Waals surface area contributed by atoms with Gasteiger partial charge in [0.05, 0.1) is 13.4 Å². The van der Waals surface area contributed by atoms with Crippen LogP contribution in [0.2, 0.25) is 0 Å². The number of carbonyl (C=O) groups excluding carboxylic acids is 2. The van der Waals surface area contributed by atoms with E-state index >= 15 is 0 Å². The molecule has 110 valence electrons. The Hall–Kier alpha value is -2.09. The molecule has 0 heterocycles. The Morgan fingerprint density at radius 1 is 1.35 bits per heavy atom. The number of esters is 1. The van der Waals surface area contributed by atoms with Gasteiger partial charge in [-0.1, -0.05) is 0 Å². The topological polar surface area (TPSA) is 110 Å². The molecule has 1 aromatic rings. The summed E-state index contributed by atoms with van der Waals surface area (Å²) in [4.78, 5) is 23.2. The molecule has 0 amide bonds. The second-order valence-corrected chi connectivity index (χ2v) is 5.96. The molecule has 0 aromatic heterocycles. The number of carbonyl (C=O) groups is 2. The SMILES string of the molecule is COC(=O)C(C(C)=O)c1cc(NS(C)(=O)=O)ccc1O. The maximum Gasteiger partial charge on any atom is 0.320 e. The number of hydrogen-bond acceptors (Lipinski definition) is 6. The third kappa shape index (κ3) is 3.95. The highest BCUT2D eigenvalue weighted by Crippen LogP contribution is 2.30. The average molecular weight is 301 g/mol. The van der Waals surface area contributed by atoms with Crippen LogP contribution in [-0.4, -0.2) is 38.6 Å². The summed E-state index contributed by atoms with van der Waals surface area (Å²) in [5.41, 5.74) is 0.119. The molecule has 1 rings (SSSR count). The largest absolute Gasteiger partial charge is 0.508 e. The zero-order valence-corrected chi connectivity index (χ0v) is 12.0. The molecule has 2 N–H and O–H groups in total. The molecule has 0 saturated carbocycles. The Morgan fingerprint density at radius 3 is 2.40 bits per heavy atom. The van der Waals surface area contributed by atoms with Gasteiger partial charge in [0.15, 0.2) is 0 Å². The van der Waals surface area contributed by atoms with Crippen LogP contribution in [0.5, 0.6) is 5.75 Å². The molecular formula is C12H15NO6S. The molecule has 0 saturated heterocycles. The van der Waals surface area contributed by atoms with Crippen LogP contribution in [-0.2, 0) is 24.3 Å². The predicted octanol–water partition coefficient (Wildman–Crippen LogP) is 0.609. The van der Waals surface area contributed by atoms with Crippen molar-refractivity contribution in [1.29, 1.82) is 0 Å². The van der Waals surface area contributed by atoms with Crippen molar-refractivity contribution in [3.05, 3.63) is 23.8 Å². The Labute approximate surface area is 116 Å². The highest BCUT2D eigenvalue weighted by atomic mass is 32.2. The molecular weight excluding hydrogens is 286 g/mol. The van der Waals surface area contributed by atoms with E-state index in [1.54, 1.807) is 0 Å². The van der Waals surface area contributed by atoms with Crippen LogP contribution in [0.25, 0.3) is 0 Å². The maximum atomic E-state index is 11.6. The predicted molar refractivity (Wildman–Crippen MR) is 72.0 cm³/mol. The standard InChI is InChI=1S/C12H15NO6S/c1-7(14)11(12(16)19-2)9-6-8(4-5-10(9)15)13-20(3,17)18/h4-6,11,13,15H,1-3H3. The summed E-state index contributed by atoms with van der Waals surface area (Å²) < 4.78 is 29.0. The summed E-state index contributed by atoms with van der Waals surface area (Å²) in [5, 5.41) is 9.76. The fourth-order valence-electron chi connectivity index (χ4n) is 1.69. The van der Waals surface area contributed by atoms with Crippen LogP contribution in [0.4, 0.5) is 5.69 Å². The first-order valence-electron chi connectivity index (χ1n) is 5.54. The summed E-state index contributed by atoms with van der Waals surface area (Å²) in [6.45, 7) is 1.18. The van der Waals surface area contributed by atoms with Gasteiger partial charge in [-0.05, 0) is 25.1 Å². The van der Waals surface area contributed by atoms with E-state index in [1.165, 1.54) is 25.1 Å².